The summed E-state index contributed by atoms with van der Waals surface area (Å²) in [5.41, 5.74) is 0. The molecule has 24 heavy (non-hydrogen) atoms. The molecule has 0 radical (unpaired) electrons. The van der Waals surface area contributed by atoms with Crippen LogP contribution in [0.5, 0.6) is 5.75 Å². The van der Waals surface area contributed by atoms with Crippen molar-refractivity contribution in [3.63, 3.8) is 0 Å². The Labute approximate surface area is 141 Å². The van der Waals surface area contributed by atoms with E-state index in [1.54, 1.807) is 4.52 Å². The van der Waals surface area contributed by atoms with Gasteiger partial charge in [-0.3, -0.25) is 10.1 Å². The van der Waals surface area contributed by atoms with Crippen molar-refractivity contribution in [3.8, 4) is 5.75 Å². The average Bonchev–Trinajstić information content (AvgIpc) is 3.13. The molecule has 0 aliphatic rings. The molecule has 126 valence electrons. The molecule has 0 fully saturated rings. The van der Waals surface area contributed by atoms with Crippen molar-refractivity contribution in [2.75, 3.05) is 11.9 Å². The Bertz CT molecular complexity index is 830. The number of anilines is 1. The van der Waals surface area contributed by atoms with E-state index in [4.69, 9.17) is 4.74 Å². The number of carbonyl (C=O) groups excluding carboxylic acids is 1. The Morgan fingerprint density at radius 3 is 2.88 bits per heavy atom. The van der Waals surface area contributed by atoms with Crippen LogP contribution in [0.1, 0.15) is 25.6 Å². The number of benzene rings is 1. The van der Waals surface area contributed by atoms with E-state index < -0.39 is 0 Å². The summed E-state index contributed by atoms with van der Waals surface area (Å²) in [5.74, 6) is 0.502. The SMILES string of the molecule is CCCCc1nnc2sc(NC(=O)COc3ccc(F)cc3)nn12. The van der Waals surface area contributed by atoms with Crippen LogP contribution in [0, 0.1) is 5.82 Å². The zero-order valence-corrected chi connectivity index (χ0v) is 13.8. The molecule has 1 aromatic carbocycles. The van der Waals surface area contributed by atoms with Crippen molar-refractivity contribution < 1.29 is 13.9 Å². The van der Waals surface area contributed by atoms with Gasteiger partial charge in [-0.2, -0.15) is 4.52 Å². The number of hydrogen-bond acceptors (Lipinski definition) is 6. The van der Waals surface area contributed by atoms with E-state index in [1.165, 1.54) is 35.6 Å². The lowest BCUT2D eigenvalue weighted by Crippen LogP contribution is -2.20. The zero-order valence-electron chi connectivity index (χ0n) is 13.0. The number of rotatable bonds is 7. The molecule has 7 nitrogen and oxygen atoms in total. The van der Waals surface area contributed by atoms with Crippen LogP contribution in [0.15, 0.2) is 24.3 Å². The normalized spacial score (nSPS) is 10.9. The topological polar surface area (TPSA) is 81.4 Å². The molecule has 0 spiro atoms. The predicted octanol–water partition coefficient (Wildman–Crippen LogP) is 2.69. The fraction of sp³-hybridized carbons (Fsp3) is 0.333. The van der Waals surface area contributed by atoms with E-state index in [-0.39, 0.29) is 18.3 Å². The van der Waals surface area contributed by atoms with Gasteiger partial charge in [0.2, 0.25) is 10.1 Å². The second kappa shape index (κ2) is 7.35. The molecule has 1 amide bonds. The number of hydrogen-bond donors (Lipinski definition) is 1. The fourth-order valence-corrected chi connectivity index (χ4v) is 2.81. The number of ether oxygens (including phenoxy) is 1. The van der Waals surface area contributed by atoms with Crippen molar-refractivity contribution >= 4 is 27.3 Å². The molecule has 2 aromatic heterocycles. The van der Waals surface area contributed by atoms with E-state index in [0.717, 1.165) is 25.1 Å². The van der Waals surface area contributed by atoms with E-state index >= 15 is 0 Å². The van der Waals surface area contributed by atoms with Gasteiger partial charge >= 0.3 is 0 Å². The van der Waals surface area contributed by atoms with Crippen molar-refractivity contribution in [2.24, 2.45) is 0 Å². The molecule has 0 unspecified atom stereocenters. The highest BCUT2D eigenvalue weighted by atomic mass is 32.1. The minimum atomic E-state index is -0.356. The highest BCUT2D eigenvalue weighted by Crippen LogP contribution is 2.19. The lowest BCUT2D eigenvalue weighted by atomic mass is 10.2. The number of carbonyl (C=O) groups is 1. The lowest BCUT2D eigenvalue weighted by molar-refractivity contribution is -0.118. The van der Waals surface area contributed by atoms with E-state index in [2.05, 4.69) is 27.5 Å². The standard InChI is InChI=1S/C15H16FN5O2S/c1-2-3-4-12-18-19-15-21(12)20-14(24-15)17-13(22)9-23-11-7-5-10(16)6-8-11/h5-8H,2-4,9H2,1H3,(H,17,20,22). The molecule has 0 saturated carbocycles. The number of fused-ring (bicyclic) bond motifs is 1. The molecular formula is C15H16FN5O2S. The minimum absolute atomic E-state index is 0.186. The molecule has 0 atom stereocenters. The average molecular weight is 349 g/mol. The first-order valence-electron chi connectivity index (χ1n) is 7.55. The van der Waals surface area contributed by atoms with Gasteiger partial charge in [0, 0.05) is 6.42 Å². The van der Waals surface area contributed by atoms with Gasteiger partial charge in [-0.05, 0) is 30.7 Å². The number of nitrogens with zero attached hydrogens (tertiary/aromatic N) is 4. The fourth-order valence-electron chi connectivity index (χ4n) is 2.03. The third kappa shape index (κ3) is 3.85. The predicted molar refractivity (Wildman–Crippen MR) is 87.8 cm³/mol. The second-order valence-electron chi connectivity index (χ2n) is 5.11. The molecule has 3 rings (SSSR count). The largest absolute Gasteiger partial charge is 0.484 e. The monoisotopic (exact) mass is 349 g/mol. The van der Waals surface area contributed by atoms with E-state index in [0.29, 0.717) is 15.8 Å². The third-order valence-corrected chi connectivity index (χ3v) is 4.05. The highest BCUT2D eigenvalue weighted by molar-refractivity contribution is 7.20. The lowest BCUT2D eigenvalue weighted by Gasteiger charge is -2.05. The zero-order chi connectivity index (χ0) is 16.9. The summed E-state index contributed by atoms with van der Waals surface area (Å²) in [6.07, 6.45) is 2.86. The Kier molecular flexibility index (Phi) is 4.99. The summed E-state index contributed by atoms with van der Waals surface area (Å²) in [5, 5.41) is 15.5. The summed E-state index contributed by atoms with van der Waals surface area (Å²) < 4.78 is 19.7. The maximum Gasteiger partial charge on any atom is 0.264 e. The molecule has 1 N–H and O–H groups in total. The van der Waals surface area contributed by atoms with Crippen molar-refractivity contribution in [1.82, 2.24) is 19.8 Å². The number of halogens is 1. The molecule has 9 heteroatoms. The maximum atomic E-state index is 12.8. The van der Waals surface area contributed by atoms with Gasteiger partial charge in [0.1, 0.15) is 11.6 Å². The van der Waals surface area contributed by atoms with Crippen LogP contribution >= 0.6 is 11.3 Å². The molecule has 0 aliphatic heterocycles. The van der Waals surface area contributed by atoms with Crippen molar-refractivity contribution in [2.45, 2.75) is 26.2 Å². The number of aryl methyl sites for hydroxylation is 1. The van der Waals surface area contributed by atoms with Gasteiger partial charge in [0.05, 0.1) is 0 Å². The Morgan fingerprint density at radius 2 is 2.12 bits per heavy atom. The van der Waals surface area contributed by atoms with Crippen LogP contribution in [0.3, 0.4) is 0 Å². The molecule has 3 aromatic rings. The molecule has 2 heterocycles. The quantitative estimate of drug-likeness (QED) is 0.709. The minimum Gasteiger partial charge on any atom is -0.484 e. The summed E-state index contributed by atoms with van der Waals surface area (Å²) in [6, 6.07) is 5.47. The number of amides is 1. The van der Waals surface area contributed by atoms with Crippen LogP contribution in [-0.2, 0) is 11.2 Å². The molecule has 0 aliphatic carbocycles. The van der Waals surface area contributed by atoms with Crippen molar-refractivity contribution in [1.29, 1.82) is 0 Å². The van der Waals surface area contributed by atoms with Gasteiger partial charge in [-0.1, -0.05) is 24.7 Å². The molecule has 0 saturated heterocycles. The Hall–Kier alpha value is -2.55. The van der Waals surface area contributed by atoms with E-state index in [9.17, 15) is 9.18 Å². The number of nitrogens with one attached hydrogen (secondary N) is 1. The van der Waals surface area contributed by atoms with Gasteiger partial charge < -0.3 is 4.74 Å². The number of aromatic nitrogens is 4. The second-order valence-corrected chi connectivity index (χ2v) is 6.07. The number of unbranched alkanes of at least 4 members (excludes halogenated alkanes) is 1. The summed E-state index contributed by atoms with van der Waals surface area (Å²) in [7, 11) is 0. The van der Waals surface area contributed by atoms with E-state index in [1.807, 2.05) is 0 Å². The first kappa shape index (κ1) is 16.3. The van der Waals surface area contributed by atoms with Gasteiger partial charge in [0.25, 0.3) is 5.91 Å². The third-order valence-electron chi connectivity index (χ3n) is 3.24. The Morgan fingerprint density at radius 1 is 1.33 bits per heavy atom. The van der Waals surface area contributed by atoms with Crippen LogP contribution in [0.4, 0.5) is 9.52 Å². The summed E-state index contributed by atoms with van der Waals surface area (Å²) in [4.78, 5) is 12.6. The van der Waals surface area contributed by atoms with Gasteiger partial charge in [0.15, 0.2) is 12.4 Å². The van der Waals surface area contributed by atoms with Crippen LogP contribution in [0.2, 0.25) is 0 Å². The molecule has 0 bridgehead atoms. The highest BCUT2D eigenvalue weighted by Gasteiger charge is 2.13. The first-order chi connectivity index (χ1) is 11.7. The van der Waals surface area contributed by atoms with Crippen LogP contribution in [0.25, 0.3) is 4.96 Å². The van der Waals surface area contributed by atoms with Crippen LogP contribution < -0.4 is 10.1 Å². The molecular weight excluding hydrogens is 333 g/mol. The summed E-state index contributed by atoms with van der Waals surface area (Å²) >= 11 is 1.24. The first-order valence-corrected chi connectivity index (χ1v) is 8.36. The smallest absolute Gasteiger partial charge is 0.264 e. The summed E-state index contributed by atoms with van der Waals surface area (Å²) in [6.45, 7) is 1.92. The van der Waals surface area contributed by atoms with Gasteiger partial charge in [-0.15, -0.1) is 15.3 Å². The maximum absolute atomic E-state index is 12.8. The Balaban J connectivity index is 1.58. The van der Waals surface area contributed by atoms with Gasteiger partial charge in [-0.25, -0.2) is 4.39 Å². The van der Waals surface area contributed by atoms with Crippen LogP contribution in [-0.4, -0.2) is 32.3 Å². The van der Waals surface area contributed by atoms with Crippen molar-refractivity contribution in [3.05, 3.63) is 35.9 Å².